The molecule has 0 amide bonds. The molecule has 0 bridgehead atoms. The number of aldehydes is 1. The predicted molar refractivity (Wildman–Crippen MR) is 84.5 cm³/mol. The largest absolute Gasteiger partial charge is 0.488 e. The van der Waals surface area contributed by atoms with Gasteiger partial charge in [-0.05, 0) is 55.7 Å². The molecule has 0 radical (unpaired) electrons. The summed E-state index contributed by atoms with van der Waals surface area (Å²) in [4.78, 5) is 11.1. The number of benzene rings is 2. The fourth-order valence-electron chi connectivity index (χ4n) is 2.33. The SMILES string of the molecule is Cc1cc(C)c(COc2ccc(Br)cc2C=O)c(C)c1. The molecule has 0 spiro atoms. The number of hydrogen-bond acceptors (Lipinski definition) is 2. The maximum Gasteiger partial charge on any atom is 0.153 e. The summed E-state index contributed by atoms with van der Waals surface area (Å²) >= 11 is 3.35. The second kappa shape index (κ2) is 6.23. The molecular weight excluding hydrogens is 316 g/mol. The van der Waals surface area contributed by atoms with Gasteiger partial charge in [0.25, 0.3) is 0 Å². The van der Waals surface area contributed by atoms with Crippen molar-refractivity contribution in [2.75, 3.05) is 0 Å². The summed E-state index contributed by atoms with van der Waals surface area (Å²) < 4.78 is 6.69. The van der Waals surface area contributed by atoms with Crippen molar-refractivity contribution in [3.05, 3.63) is 62.6 Å². The Morgan fingerprint density at radius 2 is 1.75 bits per heavy atom. The number of carbonyl (C=O) groups excluding carboxylic acids is 1. The lowest BCUT2D eigenvalue weighted by Crippen LogP contribution is -2.03. The van der Waals surface area contributed by atoms with Gasteiger partial charge in [-0.1, -0.05) is 33.6 Å². The van der Waals surface area contributed by atoms with E-state index in [9.17, 15) is 4.79 Å². The number of halogens is 1. The highest BCUT2D eigenvalue weighted by Crippen LogP contribution is 2.24. The van der Waals surface area contributed by atoms with E-state index in [0.717, 1.165) is 10.8 Å². The average Bonchev–Trinajstić information content (AvgIpc) is 2.38. The summed E-state index contributed by atoms with van der Waals surface area (Å²) in [6.45, 7) is 6.73. The number of hydrogen-bond donors (Lipinski definition) is 0. The molecule has 0 aliphatic carbocycles. The summed E-state index contributed by atoms with van der Waals surface area (Å²) in [5.74, 6) is 0.613. The Morgan fingerprint density at radius 1 is 1.10 bits per heavy atom. The first-order valence-electron chi connectivity index (χ1n) is 6.45. The second-order valence-electron chi connectivity index (χ2n) is 4.97. The summed E-state index contributed by atoms with van der Waals surface area (Å²) in [6, 6.07) is 9.74. The van der Waals surface area contributed by atoms with Crippen LogP contribution in [-0.2, 0) is 6.61 Å². The highest BCUT2D eigenvalue weighted by atomic mass is 79.9. The summed E-state index contributed by atoms with van der Waals surface area (Å²) in [5.41, 5.74) is 5.41. The number of aryl methyl sites for hydroxylation is 3. The van der Waals surface area contributed by atoms with Gasteiger partial charge < -0.3 is 4.74 Å². The first kappa shape index (κ1) is 14.8. The monoisotopic (exact) mass is 332 g/mol. The van der Waals surface area contributed by atoms with Crippen LogP contribution in [0.25, 0.3) is 0 Å². The zero-order valence-corrected chi connectivity index (χ0v) is 13.5. The lowest BCUT2D eigenvalue weighted by atomic mass is 10.0. The van der Waals surface area contributed by atoms with Crippen molar-refractivity contribution in [1.82, 2.24) is 0 Å². The van der Waals surface area contributed by atoms with E-state index in [0.29, 0.717) is 17.9 Å². The van der Waals surface area contributed by atoms with Crippen LogP contribution in [0, 0.1) is 20.8 Å². The van der Waals surface area contributed by atoms with Crippen molar-refractivity contribution in [1.29, 1.82) is 0 Å². The fraction of sp³-hybridized carbons (Fsp3) is 0.235. The van der Waals surface area contributed by atoms with Crippen molar-refractivity contribution in [2.45, 2.75) is 27.4 Å². The van der Waals surface area contributed by atoms with Gasteiger partial charge in [-0.3, -0.25) is 4.79 Å². The molecule has 104 valence electrons. The predicted octanol–water partition coefficient (Wildman–Crippen LogP) is 4.77. The van der Waals surface area contributed by atoms with Gasteiger partial charge in [-0.25, -0.2) is 0 Å². The first-order chi connectivity index (χ1) is 9.51. The van der Waals surface area contributed by atoms with Crippen molar-refractivity contribution < 1.29 is 9.53 Å². The normalized spacial score (nSPS) is 10.4. The molecule has 0 aliphatic heterocycles. The van der Waals surface area contributed by atoms with E-state index in [2.05, 4.69) is 48.8 Å². The van der Waals surface area contributed by atoms with Crippen LogP contribution in [0.2, 0.25) is 0 Å². The molecule has 2 rings (SSSR count). The zero-order chi connectivity index (χ0) is 14.7. The average molecular weight is 333 g/mol. The van der Waals surface area contributed by atoms with Crippen LogP contribution < -0.4 is 4.74 Å². The van der Waals surface area contributed by atoms with Gasteiger partial charge in [0.05, 0.1) is 5.56 Å². The smallest absolute Gasteiger partial charge is 0.153 e. The highest BCUT2D eigenvalue weighted by Gasteiger charge is 2.08. The van der Waals surface area contributed by atoms with Crippen LogP contribution in [0.1, 0.15) is 32.6 Å². The van der Waals surface area contributed by atoms with Gasteiger partial charge in [-0.15, -0.1) is 0 Å². The van der Waals surface area contributed by atoms with Gasteiger partial charge in [0.1, 0.15) is 12.4 Å². The van der Waals surface area contributed by atoms with Gasteiger partial charge in [0.15, 0.2) is 6.29 Å². The quantitative estimate of drug-likeness (QED) is 0.754. The summed E-state index contributed by atoms with van der Waals surface area (Å²) in [5, 5.41) is 0. The van der Waals surface area contributed by atoms with Crippen LogP contribution >= 0.6 is 15.9 Å². The van der Waals surface area contributed by atoms with Crippen LogP contribution in [0.3, 0.4) is 0 Å². The number of carbonyl (C=O) groups is 1. The van der Waals surface area contributed by atoms with Crippen molar-refractivity contribution in [2.24, 2.45) is 0 Å². The molecular formula is C17H17BrO2. The molecule has 0 atom stereocenters. The van der Waals surface area contributed by atoms with Crippen molar-refractivity contribution >= 4 is 22.2 Å². The van der Waals surface area contributed by atoms with Crippen LogP contribution in [0.4, 0.5) is 0 Å². The molecule has 20 heavy (non-hydrogen) atoms. The van der Waals surface area contributed by atoms with Crippen LogP contribution in [0.15, 0.2) is 34.8 Å². The highest BCUT2D eigenvalue weighted by molar-refractivity contribution is 9.10. The molecule has 3 heteroatoms. The third-order valence-corrected chi connectivity index (χ3v) is 3.80. The summed E-state index contributed by atoms with van der Waals surface area (Å²) in [6.07, 6.45) is 0.814. The van der Waals surface area contributed by atoms with E-state index in [1.807, 2.05) is 12.1 Å². The lowest BCUT2D eigenvalue weighted by Gasteiger charge is -2.14. The van der Waals surface area contributed by atoms with E-state index < -0.39 is 0 Å². The molecule has 0 saturated carbocycles. The minimum atomic E-state index is 0.473. The zero-order valence-electron chi connectivity index (χ0n) is 11.9. The van der Waals surface area contributed by atoms with Gasteiger partial charge in [0, 0.05) is 4.47 Å². The molecule has 0 unspecified atom stereocenters. The minimum absolute atomic E-state index is 0.473. The van der Waals surface area contributed by atoms with Crippen LogP contribution in [-0.4, -0.2) is 6.29 Å². The molecule has 2 nitrogen and oxygen atoms in total. The summed E-state index contributed by atoms with van der Waals surface area (Å²) in [7, 11) is 0. The van der Waals surface area contributed by atoms with E-state index in [-0.39, 0.29) is 0 Å². The Hall–Kier alpha value is -1.61. The maximum absolute atomic E-state index is 11.1. The molecule has 0 aromatic heterocycles. The van der Waals surface area contributed by atoms with E-state index in [1.165, 1.54) is 22.3 Å². The fourth-order valence-corrected chi connectivity index (χ4v) is 2.71. The van der Waals surface area contributed by atoms with E-state index in [1.54, 1.807) is 6.07 Å². The van der Waals surface area contributed by atoms with E-state index >= 15 is 0 Å². The maximum atomic E-state index is 11.1. The van der Waals surface area contributed by atoms with Gasteiger partial charge in [-0.2, -0.15) is 0 Å². The minimum Gasteiger partial charge on any atom is -0.488 e. The Morgan fingerprint density at radius 3 is 2.35 bits per heavy atom. The lowest BCUT2D eigenvalue weighted by molar-refractivity contribution is 0.111. The molecule has 0 N–H and O–H groups in total. The molecule has 2 aromatic rings. The Bertz CT molecular complexity index is 624. The Balaban J connectivity index is 2.23. The molecule has 2 aromatic carbocycles. The molecule has 0 heterocycles. The molecule has 0 aliphatic rings. The molecule has 0 saturated heterocycles. The number of ether oxygens (including phenoxy) is 1. The Kier molecular flexibility index (Phi) is 4.61. The third-order valence-electron chi connectivity index (χ3n) is 3.31. The van der Waals surface area contributed by atoms with Gasteiger partial charge >= 0.3 is 0 Å². The van der Waals surface area contributed by atoms with Crippen molar-refractivity contribution in [3.63, 3.8) is 0 Å². The van der Waals surface area contributed by atoms with E-state index in [4.69, 9.17) is 4.74 Å². The van der Waals surface area contributed by atoms with Crippen LogP contribution in [0.5, 0.6) is 5.75 Å². The standard InChI is InChI=1S/C17H17BrO2/c1-11-6-12(2)16(13(3)7-11)10-20-17-5-4-15(18)8-14(17)9-19/h4-9H,10H2,1-3H3. The van der Waals surface area contributed by atoms with Gasteiger partial charge in [0.2, 0.25) is 0 Å². The topological polar surface area (TPSA) is 26.3 Å². The third kappa shape index (κ3) is 3.28. The number of rotatable bonds is 4. The molecule has 0 fully saturated rings. The second-order valence-corrected chi connectivity index (χ2v) is 5.88. The van der Waals surface area contributed by atoms with Crippen molar-refractivity contribution in [3.8, 4) is 5.75 Å². The Labute approximate surface area is 127 Å². The first-order valence-corrected chi connectivity index (χ1v) is 7.25.